The maximum Gasteiger partial charge on any atom is 0.162 e. The molecule has 0 saturated carbocycles. The highest BCUT2D eigenvalue weighted by Gasteiger charge is 2.10. The molecule has 0 unspecified atom stereocenters. The Labute approximate surface area is 145 Å². The molecule has 5 heteroatoms. The van der Waals surface area contributed by atoms with E-state index < -0.39 is 0 Å². The average Bonchev–Trinajstić information content (AvgIpc) is 2.52. The molecule has 0 aromatic heterocycles. The Morgan fingerprint density at radius 3 is 2.57 bits per heavy atom. The van der Waals surface area contributed by atoms with Crippen molar-refractivity contribution in [2.24, 2.45) is 0 Å². The molecule has 2 rings (SSSR count). The molecular weight excluding hydrogens is 335 g/mol. The van der Waals surface area contributed by atoms with Gasteiger partial charge in [0.05, 0.1) is 0 Å². The first-order valence-corrected chi connectivity index (χ1v) is 7.72. The van der Waals surface area contributed by atoms with E-state index in [1.807, 2.05) is 0 Å². The molecule has 0 fully saturated rings. The minimum absolute atomic E-state index is 0.0466. The van der Waals surface area contributed by atoms with Crippen LogP contribution in [0.4, 0.5) is 0 Å². The van der Waals surface area contributed by atoms with Crippen molar-refractivity contribution in [2.45, 2.75) is 13.5 Å². The van der Waals surface area contributed by atoms with Crippen molar-refractivity contribution in [3.05, 3.63) is 70.2 Å². The number of carbonyl (C=O) groups excluding carboxylic acids is 1. The third-order valence-corrected chi connectivity index (χ3v) is 3.69. The van der Waals surface area contributed by atoms with Gasteiger partial charge in [-0.1, -0.05) is 41.9 Å². The summed E-state index contributed by atoms with van der Waals surface area (Å²) in [5, 5.41) is 1.08. The van der Waals surface area contributed by atoms with Crippen LogP contribution in [0.15, 0.2) is 49.1 Å². The van der Waals surface area contributed by atoms with Crippen molar-refractivity contribution in [2.75, 3.05) is 6.61 Å². The number of carbonyl (C=O) groups is 1. The van der Waals surface area contributed by atoms with Gasteiger partial charge >= 0.3 is 0 Å². The van der Waals surface area contributed by atoms with Crippen LogP contribution in [0.5, 0.6) is 11.5 Å². The SMILES string of the molecule is C=CCOc1ccc(C(C)=O)cc1OCc1ccc(Cl)cc1Cl. The zero-order valence-corrected chi connectivity index (χ0v) is 14.2. The van der Waals surface area contributed by atoms with Gasteiger partial charge in [-0.15, -0.1) is 0 Å². The number of Topliss-reactive ketones (excluding diaryl/α,β-unsaturated/α-hetero) is 1. The summed E-state index contributed by atoms with van der Waals surface area (Å²) in [6.45, 7) is 5.70. The van der Waals surface area contributed by atoms with Crippen LogP contribution in [0, 0.1) is 0 Å². The maximum atomic E-state index is 11.5. The molecule has 0 bridgehead atoms. The van der Waals surface area contributed by atoms with E-state index in [2.05, 4.69) is 6.58 Å². The third-order valence-electron chi connectivity index (χ3n) is 3.11. The van der Waals surface area contributed by atoms with Gasteiger partial charge in [0.25, 0.3) is 0 Å². The van der Waals surface area contributed by atoms with Gasteiger partial charge in [-0.05, 0) is 37.3 Å². The number of hydrogen-bond acceptors (Lipinski definition) is 3. The summed E-state index contributed by atoms with van der Waals surface area (Å²) < 4.78 is 11.3. The molecule has 2 aromatic carbocycles. The summed E-state index contributed by atoms with van der Waals surface area (Å²) in [4.78, 5) is 11.5. The summed E-state index contributed by atoms with van der Waals surface area (Å²) in [5.41, 5.74) is 1.34. The number of halogens is 2. The molecule has 0 heterocycles. The molecule has 0 aliphatic heterocycles. The van der Waals surface area contributed by atoms with Gasteiger partial charge in [0.1, 0.15) is 13.2 Å². The van der Waals surface area contributed by atoms with Crippen LogP contribution >= 0.6 is 23.2 Å². The third kappa shape index (κ3) is 4.75. The van der Waals surface area contributed by atoms with Gasteiger partial charge in [0, 0.05) is 21.2 Å². The van der Waals surface area contributed by atoms with Gasteiger partial charge < -0.3 is 9.47 Å². The van der Waals surface area contributed by atoms with Crippen LogP contribution in [-0.4, -0.2) is 12.4 Å². The first-order valence-electron chi connectivity index (χ1n) is 6.96. The summed E-state index contributed by atoms with van der Waals surface area (Å²) >= 11 is 12.0. The van der Waals surface area contributed by atoms with E-state index in [4.69, 9.17) is 32.7 Å². The molecule has 0 aliphatic carbocycles. The zero-order valence-electron chi connectivity index (χ0n) is 12.6. The Balaban J connectivity index is 2.23. The topological polar surface area (TPSA) is 35.5 Å². The van der Waals surface area contributed by atoms with Gasteiger partial charge in [-0.2, -0.15) is 0 Å². The standard InChI is InChI=1S/C18H16Cl2O3/c1-3-8-22-17-7-5-13(12(2)21)9-18(17)23-11-14-4-6-15(19)10-16(14)20/h3-7,9-10H,1,8,11H2,2H3. The van der Waals surface area contributed by atoms with Crippen LogP contribution in [-0.2, 0) is 6.61 Å². The van der Waals surface area contributed by atoms with Crippen LogP contribution in [0.1, 0.15) is 22.8 Å². The van der Waals surface area contributed by atoms with Crippen molar-refractivity contribution in [3.63, 3.8) is 0 Å². The highest BCUT2D eigenvalue weighted by molar-refractivity contribution is 6.35. The van der Waals surface area contributed by atoms with Gasteiger partial charge in [0.15, 0.2) is 17.3 Å². The summed E-state index contributed by atoms with van der Waals surface area (Å²) in [5.74, 6) is 0.972. The number of ketones is 1. The molecule has 0 radical (unpaired) electrons. The number of benzene rings is 2. The second-order valence-corrected chi connectivity index (χ2v) is 5.69. The molecule has 0 aliphatic rings. The van der Waals surface area contributed by atoms with E-state index >= 15 is 0 Å². The molecule has 3 nitrogen and oxygen atoms in total. The number of rotatable bonds is 7. The van der Waals surface area contributed by atoms with E-state index in [-0.39, 0.29) is 12.4 Å². The lowest BCUT2D eigenvalue weighted by Crippen LogP contribution is -2.02. The summed E-state index contributed by atoms with van der Waals surface area (Å²) in [6.07, 6.45) is 1.64. The number of hydrogen-bond donors (Lipinski definition) is 0. The first kappa shape index (κ1) is 17.4. The minimum atomic E-state index is -0.0466. The van der Waals surface area contributed by atoms with Crippen LogP contribution in [0.25, 0.3) is 0 Å². The predicted molar refractivity (Wildman–Crippen MR) is 92.9 cm³/mol. The molecule has 0 N–H and O–H groups in total. The predicted octanol–water partition coefficient (Wildman–Crippen LogP) is 5.34. The summed E-state index contributed by atoms with van der Waals surface area (Å²) in [7, 11) is 0. The zero-order chi connectivity index (χ0) is 16.8. The highest BCUT2D eigenvalue weighted by atomic mass is 35.5. The Kier molecular flexibility index (Phi) is 6.08. The molecular formula is C18H16Cl2O3. The Bertz CT molecular complexity index is 726. The van der Waals surface area contributed by atoms with E-state index in [1.54, 1.807) is 42.5 Å². The van der Waals surface area contributed by atoms with Crippen LogP contribution < -0.4 is 9.47 Å². The maximum absolute atomic E-state index is 11.5. The van der Waals surface area contributed by atoms with E-state index in [0.717, 1.165) is 5.56 Å². The molecule has 120 valence electrons. The first-order chi connectivity index (χ1) is 11.0. The molecule has 2 aromatic rings. The molecule has 0 amide bonds. The van der Waals surface area contributed by atoms with Gasteiger partial charge in [0.2, 0.25) is 0 Å². The van der Waals surface area contributed by atoms with Crippen molar-refractivity contribution < 1.29 is 14.3 Å². The fourth-order valence-corrected chi connectivity index (χ4v) is 2.37. The second kappa shape index (κ2) is 8.04. The van der Waals surface area contributed by atoms with Crippen molar-refractivity contribution in [3.8, 4) is 11.5 Å². The molecule has 0 saturated heterocycles. The highest BCUT2D eigenvalue weighted by Crippen LogP contribution is 2.30. The number of ether oxygens (including phenoxy) is 2. The van der Waals surface area contributed by atoms with Crippen LogP contribution in [0.2, 0.25) is 10.0 Å². The lowest BCUT2D eigenvalue weighted by molar-refractivity contribution is 0.101. The Hall–Kier alpha value is -1.97. The fourth-order valence-electron chi connectivity index (χ4n) is 1.90. The lowest BCUT2D eigenvalue weighted by atomic mass is 10.1. The Morgan fingerprint density at radius 2 is 1.91 bits per heavy atom. The quantitative estimate of drug-likeness (QED) is 0.499. The lowest BCUT2D eigenvalue weighted by Gasteiger charge is -2.13. The fraction of sp³-hybridized carbons (Fsp3) is 0.167. The van der Waals surface area contributed by atoms with Gasteiger partial charge in [-0.25, -0.2) is 0 Å². The van der Waals surface area contributed by atoms with Gasteiger partial charge in [-0.3, -0.25) is 4.79 Å². The van der Waals surface area contributed by atoms with Crippen LogP contribution in [0.3, 0.4) is 0 Å². The Morgan fingerprint density at radius 1 is 1.13 bits per heavy atom. The van der Waals surface area contributed by atoms with E-state index in [1.165, 1.54) is 6.92 Å². The minimum Gasteiger partial charge on any atom is -0.486 e. The van der Waals surface area contributed by atoms with E-state index in [0.29, 0.717) is 33.7 Å². The monoisotopic (exact) mass is 350 g/mol. The normalized spacial score (nSPS) is 10.2. The van der Waals surface area contributed by atoms with Crippen molar-refractivity contribution in [1.82, 2.24) is 0 Å². The smallest absolute Gasteiger partial charge is 0.162 e. The summed E-state index contributed by atoms with van der Waals surface area (Å²) in [6, 6.07) is 10.3. The average molecular weight is 351 g/mol. The van der Waals surface area contributed by atoms with Crippen molar-refractivity contribution in [1.29, 1.82) is 0 Å². The molecule has 0 atom stereocenters. The largest absolute Gasteiger partial charge is 0.486 e. The van der Waals surface area contributed by atoms with Crippen molar-refractivity contribution >= 4 is 29.0 Å². The second-order valence-electron chi connectivity index (χ2n) is 4.84. The molecule has 0 spiro atoms. The van der Waals surface area contributed by atoms with E-state index in [9.17, 15) is 4.79 Å². The molecule has 23 heavy (non-hydrogen) atoms.